The number of benzene rings is 2. The second-order valence-corrected chi connectivity index (χ2v) is 6.46. The summed E-state index contributed by atoms with van der Waals surface area (Å²) in [5.41, 5.74) is 0.0953. The summed E-state index contributed by atoms with van der Waals surface area (Å²) >= 11 is 3.29. The highest BCUT2D eigenvalue weighted by molar-refractivity contribution is 9.10. The highest BCUT2D eigenvalue weighted by Crippen LogP contribution is 2.23. The van der Waals surface area contributed by atoms with Crippen LogP contribution in [0.15, 0.2) is 51.8 Å². The molecule has 0 spiro atoms. The highest BCUT2D eigenvalue weighted by Gasteiger charge is 2.18. The molecular weight excluding hydrogens is 359 g/mol. The van der Waals surface area contributed by atoms with E-state index >= 15 is 0 Å². The van der Waals surface area contributed by atoms with E-state index < -0.39 is 22.4 Å². The summed E-state index contributed by atoms with van der Waals surface area (Å²) in [6.07, 6.45) is 0. The van der Waals surface area contributed by atoms with E-state index in [0.717, 1.165) is 6.07 Å². The molecule has 0 bridgehead atoms. The first kappa shape index (κ1) is 15.9. The van der Waals surface area contributed by atoms with Gasteiger partial charge in [-0.1, -0.05) is 12.1 Å². The van der Waals surface area contributed by atoms with Crippen molar-refractivity contribution in [3.63, 3.8) is 0 Å². The van der Waals surface area contributed by atoms with Gasteiger partial charge in [-0.2, -0.15) is 0 Å². The van der Waals surface area contributed by atoms with Crippen molar-refractivity contribution in [2.24, 2.45) is 0 Å². The van der Waals surface area contributed by atoms with Crippen LogP contribution in [-0.2, 0) is 10.8 Å². The van der Waals surface area contributed by atoms with Gasteiger partial charge in [-0.15, -0.1) is 0 Å². The average molecular weight is 371 g/mol. The molecule has 0 saturated heterocycles. The Hall–Kier alpha value is -1.53. The summed E-state index contributed by atoms with van der Waals surface area (Å²) < 4.78 is 31.2. The molecule has 0 aromatic heterocycles. The molecule has 1 unspecified atom stereocenters. The van der Waals surface area contributed by atoms with Gasteiger partial charge in [-0.25, -0.2) is 4.39 Å². The number of halogens is 2. The third-order valence-electron chi connectivity index (χ3n) is 2.81. The van der Waals surface area contributed by atoms with Gasteiger partial charge in [0.2, 0.25) is 0 Å². The van der Waals surface area contributed by atoms with E-state index in [-0.39, 0.29) is 17.1 Å². The van der Waals surface area contributed by atoms with Crippen molar-refractivity contribution < 1.29 is 18.1 Å². The molecule has 0 radical (unpaired) electrons. The molecule has 2 aromatic carbocycles. The Kier molecular flexibility index (Phi) is 5.25. The SMILES string of the molecule is COc1ccc(F)cc1C(=O)CS(=O)c1ccccc1Br. The van der Waals surface area contributed by atoms with Gasteiger partial charge in [-0.05, 0) is 46.3 Å². The van der Waals surface area contributed by atoms with Crippen molar-refractivity contribution in [1.29, 1.82) is 0 Å². The Labute approximate surface area is 132 Å². The van der Waals surface area contributed by atoms with E-state index in [2.05, 4.69) is 15.9 Å². The first-order valence-corrected chi connectivity index (χ1v) is 8.13. The number of rotatable bonds is 5. The average Bonchev–Trinajstić information content (AvgIpc) is 2.47. The molecule has 0 aliphatic rings. The number of hydrogen-bond acceptors (Lipinski definition) is 3. The summed E-state index contributed by atoms with van der Waals surface area (Å²) in [5.74, 6) is -0.931. The van der Waals surface area contributed by atoms with Crippen molar-refractivity contribution >= 4 is 32.5 Å². The van der Waals surface area contributed by atoms with Crippen molar-refractivity contribution in [3.8, 4) is 5.75 Å². The quantitative estimate of drug-likeness (QED) is 0.755. The lowest BCUT2D eigenvalue weighted by Gasteiger charge is -2.08. The van der Waals surface area contributed by atoms with Crippen molar-refractivity contribution in [3.05, 3.63) is 58.3 Å². The summed E-state index contributed by atoms with van der Waals surface area (Å²) in [4.78, 5) is 12.7. The molecule has 6 heteroatoms. The fourth-order valence-corrected chi connectivity index (χ4v) is 3.69. The van der Waals surface area contributed by atoms with Gasteiger partial charge in [0.05, 0.1) is 34.1 Å². The van der Waals surface area contributed by atoms with Crippen molar-refractivity contribution in [1.82, 2.24) is 0 Å². The van der Waals surface area contributed by atoms with Crippen LogP contribution in [-0.4, -0.2) is 22.9 Å². The number of Topliss-reactive ketones (excluding diaryl/α,β-unsaturated/α-hetero) is 1. The molecular formula is C15H12BrFO3S. The van der Waals surface area contributed by atoms with Gasteiger partial charge in [-0.3, -0.25) is 9.00 Å². The van der Waals surface area contributed by atoms with Crippen LogP contribution in [0.3, 0.4) is 0 Å². The molecule has 0 heterocycles. The zero-order valence-corrected chi connectivity index (χ0v) is 13.5. The molecule has 0 saturated carbocycles. The Balaban J connectivity index is 2.24. The maximum Gasteiger partial charge on any atom is 0.179 e. The zero-order valence-electron chi connectivity index (χ0n) is 11.1. The summed E-state index contributed by atoms with van der Waals surface area (Å²) in [7, 11) is -0.119. The van der Waals surface area contributed by atoms with Gasteiger partial charge < -0.3 is 4.74 Å². The van der Waals surface area contributed by atoms with Crippen LogP contribution in [0.2, 0.25) is 0 Å². The fraction of sp³-hybridized carbons (Fsp3) is 0.133. The maximum absolute atomic E-state index is 13.3. The van der Waals surface area contributed by atoms with Crippen LogP contribution >= 0.6 is 15.9 Å². The third kappa shape index (κ3) is 3.77. The van der Waals surface area contributed by atoms with Crippen molar-refractivity contribution in [2.45, 2.75) is 4.90 Å². The lowest BCUT2D eigenvalue weighted by atomic mass is 10.1. The fourth-order valence-electron chi connectivity index (χ4n) is 1.80. The molecule has 0 aliphatic carbocycles. The van der Waals surface area contributed by atoms with E-state index in [1.165, 1.54) is 19.2 Å². The topological polar surface area (TPSA) is 43.4 Å². The molecule has 0 N–H and O–H groups in total. The lowest BCUT2D eigenvalue weighted by Crippen LogP contribution is -2.13. The van der Waals surface area contributed by atoms with E-state index in [4.69, 9.17) is 4.74 Å². The Morgan fingerprint density at radius 1 is 1.29 bits per heavy atom. The normalized spacial score (nSPS) is 12.0. The van der Waals surface area contributed by atoms with Gasteiger partial charge >= 0.3 is 0 Å². The van der Waals surface area contributed by atoms with Gasteiger partial charge in [0.1, 0.15) is 11.6 Å². The predicted octanol–water partition coefficient (Wildman–Crippen LogP) is 3.59. The largest absolute Gasteiger partial charge is 0.496 e. The number of ether oxygens (including phenoxy) is 1. The monoisotopic (exact) mass is 370 g/mol. The third-order valence-corrected chi connectivity index (χ3v) is 5.13. The molecule has 21 heavy (non-hydrogen) atoms. The molecule has 0 fully saturated rings. The minimum atomic E-state index is -1.52. The van der Waals surface area contributed by atoms with Gasteiger partial charge in [0, 0.05) is 4.47 Å². The molecule has 0 amide bonds. The minimum absolute atomic E-state index is 0.0953. The molecule has 1 atom stereocenters. The van der Waals surface area contributed by atoms with Crippen LogP contribution in [0, 0.1) is 5.82 Å². The Bertz CT molecular complexity index is 703. The Morgan fingerprint density at radius 2 is 2.00 bits per heavy atom. The van der Waals surface area contributed by atoms with Crippen LogP contribution in [0.4, 0.5) is 4.39 Å². The number of carbonyl (C=O) groups is 1. The second kappa shape index (κ2) is 6.95. The van der Waals surface area contributed by atoms with Crippen LogP contribution < -0.4 is 4.74 Å². The molecule has 2 aromatic rings. The Morgan fingerprint density at radius 3 is 2.67 bits per heavy atom. The number of ketones is 1. The highest BCUT2D eigenvalue weighted by atomic mass is 79.9. The van der Waals surface area contributed by atoms with E-state index in [9.17, 15) is 13.4 Å². The van der Waals surface area contributed by atoms with Crippen molar-refractivity contribution in [2.75, 3.05) is 12.9 Å². The van der Waals surface area contributed by atoms with E-state index in [0.29, 0.717) is 9.37 Å². The zero-order chi connectivity index (χ0) is 15.4. The van der Waals surface area contributed by atoms with E-state index in [1.54, 1.807) is 24.3 Å². The van der Waals surface area contributed by atoms with E-state index in [1.807, 2.05) is 0 Å². The lowest BCUT2D eigenvalue weighted by molar-refractivity contribution is 0.101. The second-order valence-electron chi connectivity index (χ2n) is 4.19. The predicted molar refractivity (Wildman–Crippen MR) is 82.7 cm³/mol. The van der Waals surface area contributed by atoms with Crippen LogP contribution in [0.25, 0.3) is 0 Å². The summed E-state index contributed by atoms with van der Waals surface area (Å²) in [5, 5.41) is 0. The van der Waals surface area contributed by atoms with Gasteiger partial charge in [0.15, 0.2) is 5.78 Å². The maximum atomic E-state index is 13.3. The smallest absolute Gasteiger partial charge is 0.179 e. The molecule has 3 nitrogen and oxygen atoms in total. The van der Waals surface area contributed by atoms with Gasteiger partial charge in [0.25, 0.3) is 0 Å². The number of hydrogen-bond donors (Lipinski definition) is 0. The molecule has 2 rings (SSSR count). The first-order chi connectivity index (χ1) is 10.0. The molecule has 0 aliphatic heterocycles. The van der Waals surface area contributed by atoms with Crippen LogP contribution in [0.5, 0.6) is 5.75 Å². The summed E-state index contributed by atoms with van der Waals surface area (Å²) in [6, 6.07) is 10.6. The first-order valence-electron chi connectivity index (χ1n) is 6.02. The summed E-state index contributed by atoms with van der Waals surface area (Å²) in [6.45, 7) is 0. The minimum Gasteiger partial charge on any atom is -0.496 e. The standard InChI is InChI=1S/C15H12BrFO3S/c1-20-14-7-6-10(17)8-11(14)13(18)9-21(19)15-5-3-2-4-12(15)16/h2-8H,9H2,1H3. The molecule has 110 valence electrons. The number of carbonyl (C=O) groups excluding carboxylic acids is 1. The van der Waals surface area contributed by atoms with Crippen LogP contribution in [0.1, 0.15) is 10.4 Å². The number of methoxy groups -OCH3 is 1.